The standard InChI is InChI=1S/C18H25N7O/c19-17-14-4-2-1-3-13(14)11-15(17)21-18(26)16-12-25(23-22-16)10-9-24-7-5-20-6-8-24/h1-4,12,15,17,20H,5-11,19H2,(H,21,26)/t15-,17-/m0/s1. The lowest BCUT2D eigenvalue weighted by molar-refractivity contribution is 0.0928. The summed E-state index contributed by atoms with van der Waals surface area (Å²) in [6.07, 6.45) is 2.46. The second-order valence-electron chi connectivity index (χ2n) is 6.97. The van der Waals surface area contributed by atoms with E-state index in [1.54, 1.807) is 10.9 Å². The third-order valence-electron chi connectivity index (χ3n) is 5.23. The van der Waals surface area contributed by atoms with Gasteiger partial charge >= 0.3 is 0 Å². The van der Waals surface area contributed by atoms with Crippen LogP contribution in [0.25, 0.3) is 0 Å². The Bertz CT molecular complexity index is 768. The molecule has 1 aliphatic heterocycles. The molecule has 2 atom stereocenters. The van der Waals surface area contributed by atoms with Crippen molar-refractivity contribution >= 4 is 5.91 Å². The van der Waals surface area contributed by atoms with Crippen LogP contribution in [-0.4, -0.2) is 64.6 Å². The number of carbonyl (C=O) groups is 1. The van der Waals surface area contributed by atoms with Gasteiger partial charge in [0.1, 0.15) is 0 Å². The predicted molar refractivity (Wildman–Crippen MR) is 97.7 cm³/mol. The minimum Gasteiger partial charge on any atom is -0.346 e. The van der Waals surface area contributed by atoms with E-state index in [9.17, 15) is 4.79 Å². The molecule has 1 amide bonds. The minimum atomic E-state index is -0.216. The maximum atomic E-state index is 12.5. The van der Waals surface area contributed by atoms with Gasteiger partial charge in [-0.05, 0) is 17.5 Å². The molecule has 26 heavy (non-hydrogen) atoms. The molecule has 2 aromatic rings. The van der Waals surface area contributed by atoms with Gasteiger partial charge in [0.2, 0.25) is 0 Å². The van der Waals surface area contributed by atoms with Crippen molar-refractivity contribution in [3.63, 3.8) is 0 Å². The molecular formula is C18H25N7O. The van der Waals surface area contributed by atoms with Crippen LogP contribution in [0.3, 0.4) is 0 Å². The lowest BCUT2D eigenvalue weighted by atomic mass is 10.1. The van der Waals surface area contributed by atoms with Gasteiger partial charge in [0.05, 0.1) is 24.8 Å². The van der Waals surface area contributed by atoms with Crippen molar-refractivity contribution in [2.24, 2.45) is 5.73 Å². The van der Waals surface area contributed by atoms with Crippen LogP contribution in [-0.2, 0) is 13.0 Å². The smallest absolute Gasteiger partial charge is 0.273 e. The lowest BCUT2D eigenvalue weighted by Crippen LogP contribution is -2.44. The Balaban J connectivity index is 1.32. The van der Waals surface area contributed by atoms with Gasteiger partial charge in [0, 0.05) is 32.7 Å². The van der Waals surface area contributed by atoms with Crippen LogP contribution in [0, 0.1) is 0 Å². The molecule has 2 heterocycles. The van der Waals surface area contributed by atoms with Gasteiger partial charge in [-0.15, -0.1) is 5.10 Å². The third-order valence-corrected chi connectivity index (χ3v) is 5.23. The molecule has 4 N–H and O–H groups in total. The molecule has 0 saturated carbocycles. The van der Waals surface area contributed by atoms with Crippen molar-refractivity contribution in [2.75, 3.05) is 32.7 Å². The van der Waals surface area contributed by atoms with Gasteiger partial charge in [-0.3, -0.25) is 14.4 Å². The third kappa shape index (κ3) is 3.62. The van der Waals surface area contributed by atoms with Crippen LogP contribution in [0.15, 0.2) is 30.5 Å². The number of aromatic nitrogens is 3. The summed E-state index contributed by atoms with van der Waals surface area (Å²) in [4.78, 5) is 14.9. The highest BCUT2D eigenvalue weighted by molar-refractivity contribution is 5.92. The molecule has 4 rings (SSSR count). The van der Waals surface area contributed by atoms with Gasteiger partial charge in [-0.25, -0.2) is 0 Å². The van der Waals surface area contributed by atoms with E-state index in [1.807, 2.05) is 18.2 Å². The molecule has 8 heteroatoms. The Hall–Kier alpha value is -2.29. The number of hydrogen-bond donors (Lipinski definition) is 3. The number of carbonyl (C=O) groups excluding carboxylic acids is 1. The lowest BCUT2D eigenvalue weighted by Gasteiger charge is -2.26. The minimum absolute atomic E-state index is 0.106. The van der Waals surface area contributed by atoms with Crippen LogP contribution in [0.5, 0.6) is 0 Å². The highest BCUT2D eigenvalue weighted by Gasteiger charge is 2.31. The zero-order chi connectivity index (χ0) is 17.9. The quantitative estimate of drug-likeness (QED) is 0.671. The monoisotopic (exact) mass is 355 g/mol. The van der Waals surface area contributed by atoms with E-state index in [1.165, 1.54) is 5.56 Å². The first kappa shape index (κ1) is 17.1. The summed E-state index contributed by atoms with van der Waals surface area (Å²) in [5, 5.41) is 14.5. The van der Waals surface area contributed by atoms with E-state index in [2.05, 4.69) is 31.9 Å². The second-order valence-corrected chi connectivity index (χ2v) is 6.97. The number of benzene rings is 1. The summed E-state index contributed by atoms with van der Waals surface area (Å²) < 4.78 is 1.74. The molecule has 8 nitrogen and oxygen atoms in total. The summed E-state index contributed by atoms with van der Waals surface area (Å²) in [7, 11) is 0. The van der Waals surface area contributed by atoms with Crippen molar-refractivity contribution < 1.29 is 4.79 Å². The van der Waals surface area contributed by atoms with Crippen molar-refractivity contribution in [3.8, 4) is 0 Å². The second kappa shape index (κ2) is 7.53. The Morgan fingerprint density at radius 1 is 1.27 bits per heavy atom. The number of piperazine rings is 1. The molecule has 138 valence electrons. The average Bonchev–Trinajstić information content (AvgIpc) is 3.27. The van der Waals surface area contributed by atoms with Gasteiger partial charge in [0.15, 0.2) is 5.69 Å². The SMILES string of the molecule is N[C@H]1c2ccccc2C[C@@H]1NC(=O)c1cn(CCN2CCNCC2)nn1. The molecule has 1 aliphatic carbocycles. The summed E-state index contributed by atoms with van der Waals surface area (Å²) in [6, 6.07) is 7.78. The molecule has 0 unspecified atom stereocenters. The van der Waals surface area contributed by atoms with E-state index < -0.39 is 0 Å². The van der Waals surface area contributed by atoms with Crippen LogP contribution < -0.4 is 16.4 Å². The Morgan fingerprint density at radius 3 is 2.88 bits per heavy atom. The largest absolute Gasteiger partial charge is 0.346 e. The fraction of sp³-hybridized carbons (Fsp3) is 0.500. The first-order chi connectivity index (χ1) is 12.7. The van der Waals surface area contributed by atoms with Crippen LogP contribution in [0.4, 0.5) is 0 Å². The number of amides is 1. The number of fused-ring (bicyclic) bond motifs is 1. The van der Waals surface area contributed by atoms with Crippen molar-refractivity contribution in [2.45, 2.75) is 25.0 Å². The molecule has 1 aromatic heterocycles. The topological polar surface area (TPSA) is 101 Å². The molecule has 1 aromatic carbocycles. The summed E-state index contributed by atoms with van der Waals surface area (Å²) in [5.74, 6) is -0.216. The van der Waals surface area contributed by atoms with E-state index in [4.69, 9.17) is 5.73 Å². The molecule has 0 bridgehead atoms. The van der Waals surface area contributed by atoms with E-state index in [0.717, 1.165) is 51.3 Å². The average molecular weight is 355 g/mol. The predicted octanol–water partition coefficient (Wildman–Crippen LogP) is -0.462. The maximum absolute atomic E-state index is 12.5. The van der Waals surface area contributed by atoms with Crippen molar-refractivity contribution in [3.05, 3.63) is 47.3 Å². The van der Waals surface area contributed by atoms with E-state index in [-0.39, 0.29) is 18.0 Å². The van der Waals surface area contributed by atoms with Gasteiger partial charge in [-0.1, -0.05) is 29.5 Å². The molecular weight excluding hydrogens is 330 g/mol. The zero-order valence-corrected chi connectivity index (χ0v) is 14.8. The first-order valence-corrected chi connectivity index (χ1v) is 9.18. The summed E-state index contributed by atoms with van der Waals surface area (Å²) in [5.41, 5.74) is 8.93. The summed E-state index contributed by atoms with van der Waals surface area (Å²) >= 11 is 0. The number of nitrogens with zero attached hydrogens (tertiary/aromatic N) is 4. The van der Waals surface area contributed by atoms with Crippen molar-refractivity contribution in [1.29, 1.82) is 0 Å². The molecule has 1 fully saturated rings. The number of nitrogens with two attached hydrogens (primary N) is 1. The fourth-order valence-corrected chi connectivity index (χ4v) is 3.70. The Kier molecular flexibility index (Phi) is 4.96. The van der Waals surface area contributed by atoms with Gasteiger partial charge in [-0.2, -0.15) is 0 Å². The van der Waals surface area contributed by atoms with Crippen LogP contribution >= 0.6 is 0 Å². The number of hydrogen-bond acceptors (Lipinski definition) is 6. The Morgan fingerprint density at radius 2 is 2.08 bits per heavy atom. The molecule has 2 aliphatic rings. The molecule has 0 spiro atoms. The first-order valence-electron chi connectivity index (χ1n) is 9.18. The highest BCUT2D eigenvalue weighted by atomic mass is 16.2. The Labute approximate surface area is 152 Å². The van der Waals surface area contributed by atoms with Crippen LogP contribution in [0.1, 0.15) is 27.7 Å². The summed E-state index contributed by atoms with van der Waals surface area (Å²) in [6.45, 7) is 5.78. The fourth-order valence-electron chi connectivity index (χ4n) is 3.70. The maximum Gasteiger partial charge on any atom is 0.273 e. The highest BCUT2D eigenvalue weighted by Crippen LogP contribution is 2.29. The van der Waals surface area contributed by atoms with E-state index >= 15 is 0 Å². The van der Waals surface area contributed by atoms with Crippen LogP contribution in [0.2, 0.25) is 0 Å². The normalized spacial score (nSPS) is 23.0. The van der Waals surface area contributed by atoms with Gasteiger partial charge < -0.3 is 16.4 Å². The van der Waals surface area contributed by atoms with Crippen molar-refractivity contribution in [1.82, 2.24) is 30.5 Å². The number of nitrogens with one attached hydrogen (secondary N) is 2. The van der Waals surface area contributed by atoms with E-state index in [0.29, 0.717) is 5.69 Å². The number of rotatable bonds is 5. The van der Waals surface area contributed by atoms with Gasteiger partial charge in [0.25, 0.3) is 5.91 Å². The zero-order valence-electron chi connectivity index (χ0n) is 14.8. The molecule has 1 saturated heterocycles. The molecule has 0 radical (unpaired) electrons.